The monoisotopic (exact) mass is 565 g/mol. The number of imidazole rings is 1. The summed E-state index contributed by atoms with van der Waals surface area (Å²) in [6.45, 7) is 4.92. The van der Waals surface area contributed by atoms with Crippen LogP contribution in [0.2, 0.25) is 10.0 Å². The van der Waals surface area contributed by atoms with E-state index in [1.54, 1.807) is 25.4 Å². The van der Waals surface area contributed by atoms with Gasteiger partial charge in [0.05, 0.1) is 65.2 Å². The minimum absolute atomic E-state index is 0.359. The number of piperazine rings is 1. The number of anilines is 2. The normalized spacial score (nSPS) is 14.4. The third kappa shape index (κ3) is 5.34. The molecule has 1 N–H and O–H groups in total. The van der Waals surface area contributed by atoms with Gasteiger partial charge in [-0.25, -0.2) is 4.98 Å². The molecule has 1 aliphatic rings. The minimum atomic E-state index is 0.359. The Hall–Kier alpha value is -3.55. The van der Waals surface area contributed by atoms with E-state index in [4.69, 9.17) is 37.7 Å². The van der Waals surface area contributed by atoms with E-state index < -0.39 is 0 Å². The molecule has 5 rings (SSSR count). The van der Waals surface area contributed by atoms with Crippen molar-refractivity contribution in [1.82, 2.24) is 24.3 Å². The molecule has 1 saturated heterocycles. The van der Waals surface area contributed by atoms with E-state index in [2.05, 4.69) is 37.8 Å². The number of nitrogens with one attached hydrogen (secondary N) is 1. The maximum atomic E-state index is 9.86. The SMILES string of the molecule is COc1cc(Nc2c(C#N)cnc3cc(-c4cnc(CN5CCN(C)CC5)n4C)c(OC)cc23)c(Cl)cc1Cl. The molecular weight excluding hydrogens is 537 g/mol. The predicted octanol–water partition coefficient (Wildman–Crippen LogP) is 5.32. The van der Waals surface area contributed by atoms with Crippen molar-refractivity contribution in [1.29, 1.82) is 5.26 Å². The van der Waals surface area contributed by atoms with E-state index in [0.29, 0.717) is 49.4 Å². The van der Waals surface area contributed by atoms with Crippen LogP contribution in [0.25, 0.3) is 22.2 Å². The van der Waals surface area contributed by atoms with Gasteiger partial charge < -0.3 is 24.3 Å². The first-order valence-electron chi connectivity index (χ1n) is 12.5. The molecule has 0 unspecified atom stereocenters. The first kappa shape index (κ1) is 27.0. The Bertz CT molecular complexity index is 1570. The third-order valence-corrected chi connectivity index (χ3v) is 7.74. The Kier molecular flexibility index (Phi) is 7.82. The number of methoxy groups -OCH3 is 2. The summed E-state index contributed by atoms with van der Waals surface area (Å²) in [5.41, 5.74) is 3.93. The predicted molar refractivity (Wildman–Crippen MR) is 154 cm³/mol. The molecule has 1 aliphatic heterocycles. The second-order valence-corrected chi connectivity index (χ2v) is 10.3. The molecule has 0 radical (unpaired) electrons. The van der Waals surface area contributed by atoms with Crippen LogP contribution in [0.3, 0.4) is 0 Å². The lowest BCUT2D eigenvalue weighted by Gasteiger charge is -2.32. The van der Waals surface area contributed by atoms with E-state index in [-0.39, 0.29) is 0 Å². The molecule has 0 aliphatic carbocycles. The molecule has 3 heterocycles. The number of fused-ring (bicyclic) bond motifs is 1. The van der Waals surface area contributed by atoms with Crippen LogP contribution < -0.4 is 14.8 Å². The lowest BCUT2D eigenvalue weighted by atomic mass is 10.0. The van der Waals surface area contributed by atoms with E-state index >= 15 is 0 Å². The Morgan fingerprint density at radius 2 is 1.69 bits per heavy atom. The summed E-state index contributed by atoms with van der Waals surface area (Å²) >= 11 is 12.7. The molecule has 11 heteroatoms. The number of halogens is 2. The van der Waals surface area contributed by atoms with Crippen molar-refractivity contribution in [3.05, 3.63) is 58.1 Å². The van der Waals surface area contributed by atoms with Crippen LogP contribution in [0.1, 0.15) is 11.4 Å². The molecule has 2 aromatic carbocycles. The van der Waals surface area contributed by atoms with Crippen LogP contribution in [-0.4, -0.2) is 71.8 Å². The lowest BCUT2D eigenvalue weighted by molar-refractivity contribution is 0.144. The number of hydrogen-bond acceptors (Lipinski definition) is 8. The number of likely N-dealkylation sites (N-methyl/N-ethyl adjacent to an activating group) is 1. The number of benzene rings is 2. The summed E-state index contributed by atoms with van der Waals surface area (Å²) in [5, 5.41) is 14.6. The highest BCUT2D eigenvalue weighted by Gasteiger charge is 2.21. The standard InChI is InChI=1S/C28H29Cl2N7O2/c1-35-5-7-37(8-6-35)16-27-33-15-24(36(27)2)19-9-22-18(10-25(19)38-3)28(17(13-31)14-32-22)34-23-12-26(39-4)21(30)11-20(23)29/h9-12,14-15H,5-8,16H2,1-4H3,(H,32,34). The van der Waals surface area contributed by atoms with E-state index in [1.807, 2.05) is 25.4 Å². The molecule has 2 aromatic heterocycles. The van der Waals surface area contributed by atoms with Gasteiger partial charge >= 0.3 is 0 Å². The average molecular weight is 566 g/mol. The van der Waals surface area contributed by atoms with Gasteiger partial charge in [0.2, 0.25) is 0 Å². The van der Waals surface area contributed by atoms with Crippen LogP contribution in [-0.2, 0) is 13.6 Å². The van der Waals surface area contributed by atoms with Crippen LogP contribution in [0.5, 0.6) is 11.5 Å². The van der Waals surface area contributed by atoms with Crippen LogP contribution in [0, 0.1) is 11.3 Å². The van der Waals surface area contributed by atoms with Crippen molar-refractivity contribution in [2.75, 3.05) is 52.8 Å². The Balaban J connectivity index is 1.55. The van der Waals surface area contributed by atoms with Crippen LogP contribution >= 0.6 is 23.2 Å². The smallest absolute Gasteiger partial charge is 0.139 e. The molecule has 39 heavy (non-hydrogen) atoms. The summed E-state index contributed by atoms with van der Waals surface area (Å²) in [4.78, 5) is 14.1. The highest BCUT2D eigenvalue weighted by Crippen LogP contribution is 2.41. The van der Waals surface area contributed by atoms with Gasteiger partial charge in [0.15, 0.2) is 0 Å². The van der Waals surface area contributed by atoms with Crippen molar-refractivity contribution in [2.45, 2.75) is 6.54 Å². The molecule has 4 aromatic rings. The zero-order valence-electron chi connectivity index (χ0n) is 22.3. The molecular formula is C28H29Cl2N7O2. The van der Waals surface area contributed by atoms with Gasteiger partial charge in [-0.05, 0) is 25.2 Å². The van der Waals surface area contributed by atoms with Gasteiger partial charge in [0, 0.05) is 56.4 Å². The Morgan fingerprint density at radius 1 is 0.949 bits per heavy atom. The maximum absolute atomic E-state index is 9.86. The average Bonchev–Trinajstić information content (AvgIpc) is 3.30. The molecule has 0 bridgehead atoms. The fourth-order valence-electron chi connectivity index (χ4n) is 4.77. The molecule has 0 atom stereocenters. The molecule has 202 valence electrons. The van der Waals surface area contributed by atoms with E-state index in [0.717, 1.165) is 49.8 Å². The molecule has 0 amide bonds. The molecule has 9 nitrogen and oxygen atoms in total. The Morgan fingerprint density at radius 3 is 2.38 bits per heavy atom. The van der Waals surface area contributed by atoms with Gasteiger partial charge in [0.1, 0.15) is 23.4 Å². The van der Waals surface area contributed by atoms with Crippen molar-refractivity contribution in [3.8, 4) is 28.8 Å². The van der Waals surface area contributed by atoms with Gasteiger partial charge in [0.25, 0.3) is 0 Å². The minimum Gasteiger partial charge on any atom is -0.496 e. The van der Waals surface area contributed by atoms with Crippen LogP contribution in [0.4, 0.5) is 11.4 Å². The van der Waals surface area contributed by atoms with Crippen molar-refractivity contribution < 1.29 is 9.47 Å². The van der Waals surface area contributed by atoms with Gasteiger partial charge in [-0.2, -0.15) is 5.26 Å². The second kappa shape index (κ2) is 11.3. The van der Waals surface area contributed by atoms with Crippen molar-refractivity contribution in [3.63, 3.8) is 0 Å². The topological polar surface area (TPSA) is 91.5 Å². The number of ether oxygens (including phenoxy) is 2. The summed E-state index contributed by atoms with van der Waals surface area (Å²) in [7, 11) is 7.33. The molecule has 1 fully saturated rings. The summed E-state index contributed by atoms with van der Waals surface area (Å²) in [5.74, 6) is 2.08. The maximum Gasteiger partial charge on any atom is 0.139 e. The lowest BCUT2D eigenvalue weighted by Crippen LogP contribution is -2.44. The van der Waals surface area contributed by atoms with Crippen molar-refractivity contribution in [2.24, 2.45) is 7.05 Å². The second-order valence-electron chi connectivity index (χ2n) is 9.52. The van der Waals surface area contributed by atoms with Gasteiger partial charge in [-0.3, -0.25) is 9.88 Å². The highest BCUT2D eigenvalue weighted by atomic mass is 35.5. The summed E-state index contributed by atoms with van der Waals surface area (Å²) in [6.07, 6.45) is 3.42. The zero-order chi connectivity index (χ0) is 27.7. The summed E-state index contributed by atoms with van der Waals surface area (Å²) < 4.78 is 13.3. The summed E-state index contributed by atoms with van der Waals surface area (Å²) in [6, 6.07) is 9.35. The Labute approximate surface area is 237 Å². The number of nitriles is 1. The number of nitrogens with zero attached hydrogens (tertiary/aromatic N) is 6. The zero-order valence-corrected chi connectivity index (χ0v) is 23.8. The number of pyridine rings is 1. The highest BCUT2D eigenvalue weighted by molar-refractivity contribution is 6.37. The quantitative estimate of drug-likeness (QED) is 0.322. The third-order valence-electron chi connectivity index (χ3n) is 7.13. The number of hydrogen-bond donors (Lipinski definition) is 1. The number of rotatable bonds is 7. The number of aromatic nitrogens is 3. The van der Waals surface area contributed by atoms with Crippen molar-refractivity contribution >= 4 is 45.5 Å². The van der Waals surface area contributed by atoms with E-state index in [1.165, 1.54) is 7.11 Å². The van der Waals surface area contributed by atoms with Crippen LogP contribution in [0.15, 0.2) is 36.7 Å². The first-order chi connectivity index (χ1) is 18.8. The fraction of sp³-hybridized carbons (Fsp3) is 0.321. The van der Waals surface area contributed by atoms with E-state index in [9.17, 15) is 5.26 Å². The first-order valence-corrected chi connectivity index (χ1v) is 13.2. The molecule has 0 saturated carbocycles. The van der Waals surface area contributed by atoms with Gasteiger partial charge in [-0.15, -0.1) is 0 Å². The largest absolute Gasteiger partial charge is 0.496 e. The molecule has 0 spiro atoms. The fourth-order valence-corrected chi connectivity index (χ4v) is 5.28. The van der Waals surface area contributed by atoms with Gasteiger partial charge in [-0.1, -0.05) is 23.2 Å².